The van der Waals surface area contributed by atoms with Gasteiger partial charge in [0.15, 0.2) is 0 Å². The van der Waals surface area contributed by atoms with Crippen molar-refractivity contribution in [3.05, 3.63) is 12.2 Å². The van der Waals surface area contributed by atoms with Gasteiger partial charge in [0.1, 0.15) is 0 Å². The molecule has 12 heavy (non-hydrogen) atoms. The molecule has 0 saturated heterocycles. The zero-order valence-electron chi connectivity index (χ0n) is 8.22. The molecule has 0 rings (SSSR count). The maximum absolute atomic E-state index is 10.1. The van der Waals surface area contributed by atoms with E-state index in [9.17, 15) is 5.11 Å². The molecule has 0 atom stereocenters. The first-order valence-corrected chi connectivity index (χ1v) is 5.15. The van der Waals surface area contributed by atoms with E-state index in [0.29, 0.717) is 0 Å². The average Bonchev–Trinajstić information content (AvgIpc) is 2.10. The van der Waals surface area contributed by atoms with Crippen LogP contribution in [0.15, 0.2) is 12.2 Å². The van der Waals surface area contributed by atoms with Crippen molar-refractivity contribution >= 4 is 0 Å². The summed E-state index contributed by atoms with van der Waals surface area (Å²) < 4.78 is 0. The molecular formula is C11H21O. The third kappa shape index (κ3) is 9.70. The molecule has 0 aromatic carbocycles. The second-order valence-corrected chi connectivity index (χ2v) is 3.17. The van der Waals surface area contributed by atoms with Gasteiger partial charge in [0.2, 0.25) is 0 Å². The predicted molar refractivity (Wildman–Crippen MR) is 52.7 cm³/mol. The summed E-state index contributed by atoms with van der Waals surface area (Å²) in [5, 5.41) is 10.1. The van der Waals surface area contributed by atoms with Gasteiger partial charge in [0.25, 0.3) is 0 Å². The van der Waals surface area contributed by atoms with Crippen LogP contribution in [-0.2, 0) is 5.11 Å². The largest absolute Gasteiger partial charge is 0.237 e. The summed E-state index contributed by atoms with van der Waals surface area (Å²) in [6.45, 7) is 2.30. The lowest BCUT2D eigenvalue weighted by Gasteiger charge is -1.93. The van der Waals surface area contributed by atoms with E-state index in [0.717, 1.165) is 12.8 Å². The molecule has 0 spiro atoms. The molecule has 0 amide bonds. The van der Waals surface area contributed by atoms with Crippen molar-refractivity contribution in [3.63, 3.8) is 0 Å². The van der Waals surface area contributed by atoms with Gasteiger partial charge < -0.3 is 0 Å². The van der Waals surface area contributed by atoms with E-state index in [1.165, 1.54) is 32.1 Å². The van der Waals surface area contributed by atoms with Gasteiger partial charge in [-0.25, -0.2) is 5.11 Å². The van der Waals surface area contributed by atoms with Gasteiger partial charge in [-0.15, -0.1) is 0 Å². The van der Waals surface area contributed by atoms with E-state index in [-0.39, 0.29) is 6.61 Å². The first-order chi connectivity index (χ1) is 5.91. The van der Waals surface area contributed by atoms with Crippen molar-refractivity contribution in [3.8, 4) is 0 Å². The highest BCUT2D eigenvalue weighted by molar-refractivity contribution is 4.81. The monoisotopic (exact) mass is 169 g/mol. The van der Waals surface area contributed by atoms with Crippen molar-refractivity contribution in [1.82, 2.24) is 0 Å². The van der Waals surface area contributed by atoms with E-state index >= 15 is 0 Å². The van der Waals surface area contributed by atoms with Crippen molar-refractivity contribution < 1.29 is 5.11 Å². The molecular weight excluding hydrogens is 148 g/mol. The summed E-state index contributed by atoms with van der Waals surface area (Å²) in [4.78, 5) is 0. The lowest BCUT2D eigenvalue weighted by Crippen LogP contribution is -1.77. The van der Waals surface area contributed by atoms with E-state index < -0.39 is 0 Å². The Bertz CT molecular complexity index is 97.2. The van der Waals surface area contributed by atoms with E-state index in [2.05, 4.69) is 19.1 Å². The molecule has 0 aliphatic carbocycles. The molecule has 71 valence electrons. The first kappa shape index (κ1) is 11.7. The Morgan fingerprint density at radius 3 is 2.17 bits per heavy atom. The number of allylic oxidation sites excluding steroid dienone is 2. The third-order valence-electron chi connectivity index (χ3n) is 1.91. The third-order valence-corrected chi connectivity index (χ3v) is 1.91. The Morgan fingerprint density at radius 2 is 1.58 bits per heavy atom. The number of hydrogen-bond acceptors (Lipinski definition) is 0. The van der Waals surface area contributed by atoms with Gasteiger partial charge in [-0.2, -0.15) is 0 Å². The second kappa shape index (κ2) is 10.7. The van der Waals surface area contributed by atoms with Crippen molar-refractivity contribution in [2.45, 2.75) is 51.9 Å². The minimum atomic E-state index is 0.0696. The molecule has 1 heteroatoms. The Kier molecular flexibility index (Phi) is 10.4. The van der Waals surface area contributed by atoms with Crippen LogP contribution in [0.4, 0.5) is 0 Å². The van der Waals surface area contributed by atoms with Gasteiger partial charge in [-0.1, -0.05) is 38.3 Å². The first-order valence-electron chi connectivity index (χ1n) is 5.15. The molecule has 0 aromatic heterocycles. The topological polar surface area (TPSA) is 19.9 Å². The van der Waals surface area contributed by atoms with Crippen LogP contribution in [0.2, 0.25) is 0 Å². The molecule has 0 aliphatic rings. The molecule has 0 aliphatic heterocycles. The Hall–Kier alpha value is -0.300. The zero-order chi connectivity index (χ0) is 9.07. The fourth-order valence-electron chi connectivity index (χ4n) is 1.13. The molecule has 0 heterocycles. The van der Waals surface area contributed by atoms with Gasteiger partial charge in [0.05, 0.1) is 6.61 Å². The molecule has 0 fully saturated rings. The normalized spacial score (nSPS) is 11.2. The lowest BCUT2D eigenvalue weighted by atomic mass is 10.1. The summed E-state index contributed by atoms with van der Waals surface area (Å²) in [6.07, 6.45) is 12.6. The zero-order valence-corrected chi connectivity index (χ0v) is 8.22. The Balaban J connectivity index is 2.92. The summed E-state index contributed by atoms with van der Waals surface area (Å²) in [6, 6.07) is 0. The molecule has 0 saturated carbocycles. The molecule has 1 nitrogen and oxygen atoms in total. The molecule has 1 radical (unpaired) electrons. The Labute approximate surface area is 76.5 Å². The highest BCUT2D eigenvalue weighted by Crippen LogP contribution is 2.03. The highest BCUT2D eigenvalue weighted by atomic mass is 16.2. The maximum atomic E-state index is 10.1. The minimum absolute atomic E-state index is 0.0696. The summed E-state index contributed by atoms with van der Waals surface area (Å²) in [5.41, 5.74) is 0. The van der Waals surface area contributed by atoms with Gasteiger partial charge in [0, 0.05) is 0 Å². The average molecular weight is 169 g/mol. The van der Waals surface area contributed by atoms with E-state index in [4.69, 9.17) is 0 Å². The number of rotatable bonds is 8. The smallest absolute Gasteiger partial charge is 0.0825 e. The Morgan fingerprint density at radius 1 is 0.917 bits per heavy atom. The lowest BCUT2D eigenvalue weighted by molar-refractivity contribution is 0.190. The quantitative estimate of drug-likeness (QED) is 0.390. The SMILES string of the molecule is CCCCCCC=CCCC[O]. The van der Waals surface area contributed by atoms with Crippen LogP contribution in [0, 0.1) is 0 Å². The van der Waals surface area contributed by atoms with Gasteiger partial charge in [-0.05, 0) is 25.7 Å². The summed E-state index contributed by atoms with van der Waals surface area (Å²) in [7, 11) is 0. The van der Waals surface area contributed by atoms with Gasteiger partial charge in [-0.3, -0.25) is 0 Å². The van der Waals surface area contributed by atoms with Crippen LogP contribution in [0.25, 0.3) is 0 Å². The van der Waals surface area contributed by atoms with Crippen molar-refractivity contribution in [2.75, 3.05) is 6.61 Å². The number of unbranched alkanes of at least 4 members (excludes halogenated alkanes) is 5. The van der Waals surface area contributed by atoms with Crippen molar-refractivity contribution in [2.24, 2.45) is 0 Å². The molecule has 0 unspecified atom stereocenters. The van der Waals surface area contributed by atoms with E-state index in [1.807, 2.05) is 0 Å². The fourth-order valence-corrected chi connectivity index (χ4v) is 1.13. The van der Waals surface area contributed by atoms with Gasteiger partial charge >= 0.3 is 0 Å². The minimum Gasteiger partial charge on any atom is -0.237 e. The van der Waals surface area contributed by atoms with Crippen molar-refractivity contribution in [1.29, 1.82) is 0 Å². The fraction of sp³-hybridized carbons (Fsp3) is 0.818. The molecule has 0 bridgehead atoms. The van der Waals surface area contributed by atoms with Crippen LogP contribution in [-0.4, -0.2) is 6.61 Å². The molecule has 0 aromatic rings. The van der Waals surface area contributed by atoms with Crippen LogP contribution in [0.5, 0.6) is 0 Å². The summed E-state index contributed by atoms with van der Waals surface area (Å²) in [5.74, 6) is 0. The highest BCUT2D eigenvalue weighted by Gasteiger charge is 1.84. The van der Waals surface area contributed by atoms with Crippen LogP contribution < -0.4 is 0 Å². The summed E-state index contributed by atoms with van der Waals surface area (Å²) >= 11 is 0. The van der Waals surface area contributed by atoms with Crippen LogP contribution >= 0.6 is 0 Å². The molecule has 0 N–H and O–H groups in total. The maximum Gasteiger partial charge on any atom is 0.0825 e. The standard InChI is InChI=1S/C11H21O/c1-2-3-4-5-6-7-8-9-10-11-12/h7-8H,2-6,9-11H2,1H3. The predicted octanol–water partition coefficient (Wildman–Crippen LogP) is 3.72. The number of hydrogen-bond donors (Lipinski definition) is 0. The van der Waals surface area contributed by atoms with Crippen LogP contribution in [0.1, 0.15) is 51.9 Å². The van der Waals surface area contributed by atoms with Crippen LogP contribution in [0.3, 0.4) is 0 Å². The van der Waals surface area contributed by atoms with E-state index in [1.54, 1.807) is 0 Å². The second-order valence-electron chi connectivity index (χ2n) is 3.17.